The Balaban J connectivity index is 2.77. The molecule has 0 bridgehead atoms. The number of nitrogens with one attached hydrogen (secondary N) is 1. The van der Waals surface area contributed by atoms with Gasteiger partial charge in [-0.25, -0.2) is 4.99 Å². The largest absolute Gasteiger partial charge is 0.397 e. The van der Waals surface area contributed by atoms with Crippen molar-refractivity contribution in [3.8, 4) is 0 Å². The van der Waals surface area contributed by atoms with Crippen molar-refractivity contribution < 1.29 is 0 Å². The number of nitrogens with zero attached hydrogens (tertiary/aromatic N) is 1. The Morgan fingerprint density at radius 2 is 2.12 bits per heavy atom. The highest BCUT2D eigenvalue weighted by Gasteiger charge is 2.04. The minimum absolute atomic E-state index is 0.534. The average molecular weight is 234 g/mol. The van der Waals surface area contributed by atoms with Gasteiger partial charge in [-0.3, -0.25) is 0 Å². The molecule has 4 heteroatoms. The van der Waals surface area contributed by atoms with Gasteiger partial charge < -0.3 is 16.8 Å². The third kappa shape index (κ3) is 4.34. The smallest absolute Gasteiger partial charge is 0.0965 e. The molecule has 1 rings (SSSR count). The van der Waals surface area contributed by atoms with Crippen LogP contribution in [0.25, 0.3) is 0 Å². The van der Waals surface area contributed by atoms with Gasteiger partial charge in [0.25, 0.3) is 0 Å². The molecule has 0 saturated heterocycles. The quantitative estimate of drug-likeness (QED) is 0.306. The van der Waals surface area contributed by atoms with E-state index in [9.17, 15) is 0 Å². The van der Waals surface area contributed by atoms with E-state index in [1.54, 1.807) is 6.92 Å². The molecule has 1 aromatic carbocycles. The number of unbranched alkanes of at least 4 members (excludes halogenated alkanes) is 2. The molecule has 0 aromatic heterocycles. The third-order valence-corrected chi connectivity index (χ3v) is 2.45. The monoisotopic (exact) mass is 234 g/mol. The molecule has 0 aliphatic rings. The van der Waals surface area contributed by atoms with Gasteiger partial charge in [-0.05, 0) is 25.5 Å². The molecule has 5 N–H and O–H groups in total. The molecular formula is C13H22N4. The van der Waals surface area contributed by atoms with Crippen LogP contribution in [0.5, 0.6) is 0 Å². The van der Waals surface area contributed by atoms with Crippen molar-refractivity contribution >= 4 is 22.9 Å². The average Bonchev–Trinajstić information content (AvgIpc) is 2.26. The second-order valence-corrected chi connectivity index (χ2v) is 4.13. The number of rotatable bonds is 6. The molecule has 0 unspecified atom stereocenters. The summed E-state index contributed by atoms with van der Waals surface area (Å²) in [5.74, 6) is 0.534. The van der Waals surface area contributed by atoms with Gasteiger partial charge in [-0.1, -0.05) is 25.8 Å². The maximum atomic E-state index is 5.94. The van der Waals surface area contributed by atoms with Crippen molar-refractivity contribution in [2.75, 3.05) is 17.6 Å². The highest BCUT2D eigenvalue weighted by molar-refractivity contribution is 5.86. The fraction of sp³-hybridized carbons (Fsp3) is 0.462. The number of nitrogen functional groups attached to an aromatic ring is 1. The van der Waals surface area contributed by atoms with E-state index >= 15 is 0 Å². The Morgan fingerprint density at radius 1 is 1.35 bits per heavy atom. The molecule has 0 fully saturated rings. The molecular weight excluding hydrogens is 212 g/mol. The molecule has 0 heterocycles. The van der Waals surface area contributed by atoms with Crippen LogP contribution < -0.4 is 16.8 Å². The summed E-state index contributed by atoms with van der Waals surface area (Å²) < 4.78 is 0. The van der Waals surface area contributed by atoms with E-state index in [-0.39, 0.29) is 0 Å². The Labute approximate surface area is 103 Å². The van der Waals surface area contributed by atoms with Crippen LogP contribution in [0.1, 0.15) is 33.1 Å². The number of hydrogen-bond acceptors (Lipinski definition) is 3. The second-order valence-electron chi connectivity index (χ2n) is 4.13. The van der Waals surface area contributed by atoms with Gasteiger partial charge in [0, 0.05) is 6.54 Å². The first-order valence-corrected chi connectivity index (χ1v) is 6.08. The highest BCUT2D eigenvalue weighted by Crippen LogP contribution is 2.30. The molecule has 0 atom stereocenters. The minimum atomic E-state index is 0.534. The van der Waals surface area contributed by atoms with E-state index in [0.29, 0.717) is 11.5 Å². The van der Waals surface area contributed by atoms with E-state index in [0.717, 1.165) is 24.3 Å². The van der Waals surface area contributed by atoms with E-state index < -0.39 is 0 Å². The number of amidine groups is 1. The van der Waals surface area contributed by atoms with Crippen LogP contribution in [0.4, 0.5) is 17.1 Å². The summed E-state index contributed by atoms with van der Waals surface area (Å²) in [4.78, 5) is 4.27. The van der Waals surface area contributed by atoms with E-state index in [1.165, 1.54) is 12.8 Å². The zero-order chi connectivity index (χ0) is 12.7. The summed E-state index contributed by atoms with van der Waals surface area (Å²) >= 11 is 0. The maximum Gasteiger partial charge on any atom is 0.0965 e. The van der Waals surface area contributed by atoms with Gasteiger partial charge >= 0.3 is 0 Å². The van der Waals surface area contributed by atoms with E-state index in [4.69, 9.17) is 11.5 Å². The van der Waals surface area contributed by atoms with Crippen LogP contribution in [0.15, 0.2) is 23.2 Å². The number of anilines is 2. The fourth-order valence-electron chi connectivity index (χ4n) is 1.62. The zero-order valence-corrected chi connectivity index (χ0v) is 10.7. The van der Waals surface area contributed by atoms with Crippen LogP contribution in [0.3, 0.4) is 0 Å². The van der Waals surface area contributed by atoms with Crippen molar-refractivity contribution in [2.45, 2.75) is 33.1 Å². The predicted molar refractivity (Wildman–Crippen MR) is 75.8 cm³/mol. The number of aliphatic imine (C=N–C) groups is 1. The van der Waals surface area contributed by atoms with Crippen molar-refractivity contribution in [3.05, 3.63) is 18.2 Å². The summed E-state index contributed by atoms with van der Waals surface area (Å²) in [6.45, 7) is 4.86. The van der Waals surface area contributed by atoms with Gasteiger partial charge in [-0.15, -0.1) is 0 Å². The Bertz CT molecular complexity index is 381. The molecule has 4 nitrogen and oxygen atoms in total. The maximum absolute atomic E-state index is 5.94. The van der Waals surface area contributed by atoms with Crippen molar-refractivity contribution in [2.24, 2.45) is 10.7 Å². The van der Waals surface area contributed by atoms with Gasteiger partial charge in [0.2, 0.25) is 0 Å². The standard InChI is InChI=1S/C13H22N4/c1-3-4-5-9-16-13-11(15)7-6-8-12(13)17-10(2)14/h6-8,16H,3-5,9,15H2,1-2H3,(H2,14,17). The van der Waals surface area contributed by atoms with Gasteiger partial charge in [0.05, 0.1) is 22.9 Å². The Morgan fingerprint density at radius 3 is 2.76 bits per heavy atom. The first kappa shape index (κ1) is 13.4. The predicted octanol–water partition coefficient (Wildman–Crippen LogP) is 2.88. The van der Waals surface area contributed by atoms with E-state index in [1.807, 2.05) is 18.2 Å². The zero-order valence-electron chi connectivity index (χ0n) is 10.7. The summed E-state index contributed by atoms with van der Waals surface area (Å²) in [7, 11) is 0. The SMILES string of the molecule is CCCCCNc1c(N)cccc1N=C(C)N. The van der Waals surface area contributed by atoms with Gasteiger partial charge in [0.15, 0.2) is 0 Å². The number of hydrogen-bond donors (Lipinski definition) is 3. The molecule has 0 spiro atoms. The number of nitrogens with two attached hydrogens (primary N) is 2. The Kier molecular flexibility index (Phi) is 5.33. The molecule has 0 amide bonds. The summed E-state index contributed by atoms with van der Waals surface area (Å²) in [5, 5.41) is 3.33. The molecule has 94 valence electrons. The molecule has 0 saturated carbocycles. The first-order valence-electron chi connectivity index (χ1n) is 6.08. The molecule has 0 aliphatic carbocycles. The van der Waals surface area contributed by atoms with Crippen LogP contribution in [0, 0.1) is 0 Å². The normalized spacial score (nSPS) is 11.5. The lowest BCUT2D eigenvalue weighted by atomic mass is 10.2. The van der Waals surface area contributed by atoms with E-state index in [2.05, 4.69) is 17.2 Å². The lowest BCUT2D eigenvalue weighted by Gasteiger charge is -2.12. The number of benzene rings is 1. The summed E-state index contributed by atoms with van der Waals surface area (Å²) in [6.07, 6.45) is 3.56. The second kappa shape index (κ2) is 6.78. The first-order chi connectivity index (χ1) is 8.15. The van der Waals surface area contributed by atoms with Crippen LogP contribution in [-0.2, 0) is 0 Å². The van der Waals surface area contributed by atoms with Crippen molar-refractivity contribution in [3.63, 3.8) is 0 Å². The fourth-order valence-corrected chi connectivity index (χ4v) is 1.62. The summed E-state index contributed by atoms with van der Waals surface area (Å²) in [6, 6.07) is 5.66. The van der Waals surface area contributed by atoms with Crippen LogP contribution >= 0.6 is 0 Å². The summed E-state index contributed by atoms with van der Waals surface area (Å²) in [5.41, 5.74) is 13.9. The molecule has 0 radical (unpaired) electrons. The van der Waals surface area contributed by atoms with Crippen LogP contribution in [-0.4, -0.2) is 12.4 Å². The minimum Gasteiger partial charge on any atom is -0.397 e. The molecule has 17 heavy (non-hydrogen) atoms. The van der Waals surface area contributed by atoms with Crippen molar-refractivity contribution in [1.29, 1.82) is 0 Å². The van der Waals surface area contributed by atoms with Gasteiger partial charge in [0.1, 0.15) is 0 Å². The van der Waals surface area contributed by atoms with Crippen molar-refractivity contribution in [1.82, 2.24) is 0 Å². The molecule has 1 aromatic rings. The topological polar surface area (TPSA) is 76.4 Å². The molecule has 0 aliphatic heterocycles. The lowest BCUT2D eigenvalue weighted by molar-refractivity contribution is 0.744. The lowest BCUT2D eigenvalue weighted by Crippen LogP contribution is -2.07. The van der Waals surface area contributed by atoms with Crippen LogP contribution in [0.2, 0.25) is 0 Å². The van der Waals surface area contributed by atoms with Gasteiger partial charge in [-0.2, -0.15) is 0 Å². The Hall–Kier alpha value is -1.71. The third-order valence-electron chi connectivity index (χ3n) is 2.45. The highest BCUT2D eigenvalue weighted by atomic mass is 14.9. The number of para-hydroxylation sites is 1.